The van der Waals surface area contributed by atoms with Crippen LogP contribution in [0.5, 0.6) is 0 Å². The molecule has 2 N–H and O–H groups in total. The Hall–Kier alpha value is -2.40. The van der Waals surface area contributed by atoms with Gasteiger partial charge in [0.25, 0.3) is 0 Å². The summed E-state index contributed by atoms with van der Waals surface area (Å²) in [7, 11) is 0. The van der Waals surface area contributed by atoms with Crippen LogP contribution in [0.3, 0.4) is 0 Å². The second kappa shape index (κ2) is 8.12. The average Bonchev–Trinajstić information content (AvgIpc) is 2.98. The molecule has 0 atom stereocenters. The van der Waals surface area contributed by atoms with Gasteiger partial charge in [0, 0.05) is 25.2 Å². The Morgan fingerprint density at radius 3 is 2.64 bits per heavy atom. The Kier molecular flexibility index (Phi) is 5.66. The number of hydrogen-bond donors (Lipinski definition) is 2. The lowest BCUT2D eigenvalue weighted by atomic mass is 10.2. The van der Waals surface area contributed by atoms with Crippen LogP contribution in [0.25, 0.3) is 11.0 Å². The number of anilines is 1. The van der Waals surface area contributed by atoms with Gasteiger partial charge >= 0.3 is 0 Å². The number of benzene rings is 2. The van der Waals surface area contributed by atoms with Gasteiger partial charge in [0.15, 0.2) is 5.11 Å². The monoisotopic (exact) mass is 352 g/mol. The highest BCUT2D eigenvalue weighted by Crippen LogP contribution is 2.21. The summed E-state index contributed by atoms with van der Waals surface area (Å²) >= 11 is 5.41. The lowest BCUT2D eigenvalue weighted by Crippen LogP contribution is -2.27. The molecule has 0 amide bonds. The molecule has 3 aromatic rings. The first-order valence-electron chi connectivity index (χ1n) is 8.79. The van der Waals surface area contributed by atoms with Crippen LogP contribution in [-0.2, 0) is 19.5 Å². The molecule has 0 spiro atoms. The van der Waals surface area contributed by atoms with Gasteiger partial charge < -0.3 is 15.2 Å². The Bertz CT molecular complexity index is 855. The van der Waals surface area contributed by atoms with Gasteiger partial charge in [-0.05, 0) is 42.4 Å². The van der Waals surface area contributed by atoms with Gasteiger partial charge in [-0.25, -0.2) is 4.98 Å². The van der Waals surface area contributed by atoms with Crippen molar-refractivity contribution in [1.29, 1.82) is 0 Å². The Labute approximate surface area is 154 Å². The van der Waals surface area contributed by atoms with Crippen molar-refractivity contribution in [2.24, 2.45) is 0 Å². The molecule has 0 radical (unpaired) electrons. The molecule has 1 aromatic heterocycles. The molecule has 5 heteroatoms. The van der Waals surface area contributed by atoms with Gasteiger partial charge in [-0.1, -0.05) is 44.2 Å². The van der Waals surface area contributed by atoms with Crippen LogP contribution in [-0.4, -0.2) is 14.7 Å². The molecule has 0 fully saturated rings. The predicted octanol–water partition coefficient (Wildman–Crippen LogP) is 4.50. The summed E-state index contributed by atoms with van der Waals surface area (Å²) in [5, 5.41) is 7.11. The van der Waals surface area contributed by atoms with Crippen LogP contribution in [0.2, 0.25) is 0 Å². The van der Waals surface area contributed by atoms with Crippen molar-refractivity contribution >= 4 is 34.1 Å². The van der Waals surface area contributed by atoms with Gasteiger partial charge in [0.1, 0.15) is 5.82 Å². The normalized spacial score (nSPS) is 10.8. The third-order valence-corrected chi connectivity index (χ3v) is 4.39. The molecular formula is C20H24N4S. The van der Waals surface area contributed by atoms with E-state index in [0.717, 1.165) is 36.4 Å². The molecule has 0 saturated heterocycles. The van der Waals surface area contributed by atoms with E-state index < -0.39 is 0 Å². The maximum atomic E-state index is 5.41. The van der Waals surface area contributed by atoms with E-state index >= 15 is 0 Å². The van der Waals surface area contributed by atoms with Crippen LogP contribution in [0, 0.1) is 0 Å². The highest BCUT2D eigenvalue weighted by atomic mass is 32.1. The fourth-order valence-corrected chi connectivity index (χ4v) is 3.14. The van der Waals surface area contributed by atoms with Crippen LogP contribution in [0.15, 0.2) is 48.5 Å². The fourth-order valence-electron chi connectivity index (χ4n) is 2.95. The quantitative estimate of drug-likeness (QED) is 0.641. The van der Waals surface area contributed by atoms with Crippen LogP contribution < -0.4 is 10.6 Å². The molecule has 130 valence electrons. The van der Waals surface area contributed by atoms with Crippen molar-refractivity contribution in [1.82, 2.24) is 14.9 Å². The minimum atomic E-state index is 0.618. The summed E-state index contributed by atoms with van der Waals surface area (Å²) in [6.07, 6.45) is 2.04. The zero-order chi connectivity index (χ0) is 17.6. The second-order valence-corrected chi connectivity index (χ2v) is 6.44. The minimum absolute atomic E-state index is 0.618. The summed E-state index contributed by atoms with van der Waals surface area (Å²) in [5.74, 6) is 1.14. The topological polar surface area (TPSA) is 41.9 Å². The van der Waals surface area contributed by atoms with Gasteiger partial charge in [-0.3, -0.25) is 0 Å². The second-order valence-electron chi connectivity index (χ2n) is 6.03. The molecule has 0 aliphatic heterocycles. The van der Waals surface area contributed by atoms with Gasteiger partial charge in [-0.2, -0.15) is 0 Å². The van der Waals surface area contributed by atoms with E-state index in [1.807, 2.05) is 18.2 Å². The lowest BCUT2D eigenvalue weighted by Gasteiger charge is -2.11. The molecule has 0 bridgehead atoms. The highest BCUT2D eigenvalue weighted by Gasteiger charge is 2.09. The molecule has 0 aliphatic carbocycles. The fraction of sp³-hybridized carbons (Fsp3) is 0.300. The molecule has 25 heavy (non-hydrogen) atoms. The number of nitrogens with zero attached hydrogens (tertiary/aromatic N) is 2. The Morgan fingerprint density at radius 1 is 1.12 bits per heavy atom. The van der Waals surface area contributed by atoms with Crippen molar-refractivity contribution in [3.63, 3.8) is 0 Å². The van der Waals surface area contributed by atoms with E-state index in [4.69, 9.17) is 17.2 Å². The predicted molar refractivity (Wildman–Crippen MR) is 109 cm³/mol. The molecule has 4 nitrogen and oxygen atoms in total. The number of aromatic nitrogens is 2. The van der Waals surface area contributed by atoms with Gasteiger partial charge in [-0.15, -0.1) is 0 Å². The highest BCUT2D eigenvalue weighted by molar-refractivity contribution is 7.80. The molecule has 0 unspecified atom stereocenters. The number of thiocarbonyl (C=S) groups is 1. The lowest BCUT2D eigenvalue weighted by molar-refractivity contribution is 0.659. The van der Waals surface area contributed by atoms with Crippen LogP contribution in [0.1, 0.15) is 31.7 Å². The Balaban J connectivity index is 1.70. The summed E-state index contributed by atoms with van der Waals surface area (Å²) in [6.45, 7) is 6.05. The van der Waals surface area contributed by atoms with E-state index in [-0.39, 0.29) is 0 Å². The molecule has 3 rings (SSSR count). The molecule has 2 aromatic carbocycles. The van der Waals surface area contributed by atoms with Crippen molar-refractivity contribution in [3.8, 4) is 0 Å². The average molecular weight is 353 g/mol. The first-order chi connectivity index (χ1) is 12.2. The van der Waals surface area contributed by atoms with E-state index in [9.17, 15) is 0 Å². The van der Waals surface area contributed by atoms with Crippen LogP contribution >= 0.6 is 12.2 Å². The third-order valence-electron chi connectivity index (χ3n) is 4.14. The first kappa shape index (κ1) is 17.4. The van der Waals surface area contributed by atoms with E-state index in [1.54, 1.807) is 0 Å². The van der Waals surface area contributed by atoms with Crippen molar-refractivity contribution < 1.29 is 0 Å². The minimum Gasteiger partial charge on any atom is -0.358 e. The number of rotatable bonds is 6. The van der Waals surface area contributed by atoms with E-state index in [1.165, 1.54) is 11.1 Å². The first-order valence-corrected chi connectivity index (χ1v) is 9.20. The molecule has 0 saturated carbocycles. The number of imidazole rings is 1. The number of aryl methyl sites for hydroxylation is 2. The van der Waals surface area contributed by atoms with Gasteiger partial charge in [0.2, 0.25) is 0 Å². The number of fused-ring (bicyclic) bond motifs is 1. The number of hydrogen-bond acceptors (Lipinski definition) is 2. The number of nitrogens with one attached hydrogen (secondary N) is 2. The van der Waals surface area contributed by atoms with Gasteiger partial charge in [0.05, 0.1) is 11.0 Å². The summed E-state index contributed by atoms with van der Waals surface area (Å²) in [6, 6.07) is 16.5. The van der Waals surface area contributed by atoms with E-state index in [0.29, 0.717) is 11.7 Å². The van der Waals surface area contributed by atoms with Crippen LogP contribution in [0.4, 0.5) is 5.69 Å². The third kappa shape index (κ3) is 4.17. The van der Waals surface area contributed by atoms with Crippen molar-refractivity contribution in [2.75, 3.05) is 5.32 Å². The van der Waals surface area contributed by atoms with Crippen molar-refractivity contribution in [3.05, 3.63) is 59.9 Å². The summed E-state index contributed by atoms with van der Waals surface area (Å²) in [4.78, 5) is 4.77. The largest absolute Gasteiger partial charge is 0.358 e. The van der Waals surface area contributed by atoms with E-state index in [2.05, 4.69) is 59.4 Å². The maximum absolute atomic E-state index is 5.41. The molecule has 1 heterocycles. The maximum Gasteiger partial charge on any atom is 0.171 e. The van der Waals surface area contributed by atoms with Crippen molar-refractivity contribution in [2.45, 2.75) is 39.8 Å². The zero-order valence-corrected chi connectivity index (χ0v) is 15.6. The standard InChI is InChI=1S/C20H24N4S/c1-3-12-24-18-11-10-16(13-17(18)23-19(24)4-2)22-20(25)21-14-15-8-6-5-7-9-15/h5-11,13H,3-4,12,14H2,1-2H3,(H2,21,22,25). The molecular weight excluding hydrogens is 328 g/mol. The SMILES string of the molecule is CCCn1c(CC)nc2cc(NC(=S)NCc3ccccc3)ccc21. The molecule has 0 aliphatic rings. The summed E-state index contributed by atoms with van der Waals surface area (Å²) < 4.78 is 2.31. The summed E-state index contributed by atoms with van der Waals surface area (Å²) in [5.41, 5.74) is 4.36. The smallest absolute Gasteiger partial charge is 0.171 e. The Morgan fingerprint density at radius 2 is 1.92 bits per heavy atom. The zero-order valence-electron chi connectivity index (χ0n) is 14.7.